The number of H-pyrrole nitrogens is 1. The number of benzene rings is 2. The molecule has 0 aliphatic rings. The van der Waals surface area contributed by atoms with Crippen LogP contribution in [0, 0.1) is 0 Å². The van der Waals surface area contributed by atoms with E-state index in [0.717, 1.165) is 11.1 Å². The van der Waals surface area contributed by atoms with Crippen molar-refractivity contribution in [3.63, 3.8) is 0 Å². The molecule has 3 N–H and O–H groups in total. The van der Waals surface area contributed by atoms with Crippen LogP contribution in [0.2, 0.25) is 10.2 Å². The van der Waals surface area contributed by atoms with Crippen molar-refractivity contribution in [3.05, 3.63) is 115 Å². The second-order valence-electron chi connectivity index (χ2n) is 7.67. The normalized spacial score (nSPS) is 10.9. The molecular formula is C24H21Cl2N5O3. The zero-order valence-corrected chi connectivity index (χ0v) is 19.7. The number of halogens is 2. The number of nitrogens with one attached hydrogen (secondary N) is 1. The molecule has 2 aromatic carbocycles. The fourth-order valence-electron chi connectivity index (χ4n) is 3.67. The molecular weight excluding hydrogens is 477 g/mol. The number of aromatic nitrogens is 3. The maximum atomic E-state index is 13.7. The maximum Gasteiger partial charge on any atom is 0.330 e. The highest BCUT2D eigenvalue weighted by atomic mass is 35.5. The Kier molecular flexibility index (Phi) is 6.63. The Bertz CT molecular complexity index is 1460. The fourth-order valence-corrected chi connectivity index (χ4v) is 4.04. The zero-order chi connectivity index (χ0) is 24.4. The Morgan fingerprint density at radius 3 is 2.15 bits per heavy atom. The fraction of sp³-hybridized carbons (Fsp3) is 0.125. The molecule has 0 bridgehead atoms. The number of nitrogens with two attached hydrogens (primary N) is 1. The Balaban J connectivity index is 1.88. The van der Waals surface area contributed by atoms with E-state index in [-0.39, 0.29) is 40.5 Å². The molecule has 0 spiro atoms. The lowest BCUT2D eigenvalue weighted by Gasteiger charge is -2.25. The van der Waals surface area contributed by atoms with Crippen molar-refractivity contribution in [2.24, 2.45) is 7.05 Å². The summed E-state index contributed by atoms with van der Waals surface area (Å²) in [5.74, 6) is -0.685. The number of hydrogen-bond acceptors (Lipinski definition) is 4. The lowest BCUT2D eigenvalue weighted by molar-refractivity contribution is 0.0977. The van der Waals surface area contributed by atoms with Crippen molar-refractivity contribution < 1.29 is 4.79 Å². The minimum Gasteiger partial charge on any atom is -0.383 e. The van der Waals surface area contributed by atoms with E-state index < -0.39 is 17.2 Å². The van der Waals surface area contributed by atoms with Gasteiger partial charge < -0.3 is 10.3 Å². The summed E-state index contributed by atoms with van der Waals surface area (Å²) in [4.78, 5) is 42.8. The van der Waals surface area contributed by atoms with Crippen LogP contribution in [-0.2, 0) is 20.1 Å². The summed E-state index contributed by atoms with van der Waals surface area (Å²) in [5.41, 5.74) is 6.49. The van der Waals surface area contributed by atoms with Gasteiger partial charge in [0.05, 0.1) is 18.1 Å². The van der Waals surface area contributed by atoms with Gasteiger partial charge in [0.25, 0.3) is 11.5 Å². The van der Waals surface area contributed by atoms with Crippen LogP contribution in [0.1, 0.15) is 21.6 Å². The topological polar surface area (TPSA) is 106 Å². The second-order valence-corrected chi connectivity index (χ2v) is 8.43. The van der Waals surface area contributed by atoms with Gasteiger partial charge in [-0.15, -0.1) is 0 Å². The van der Waals surface area contributed by atoms with Gasteiger partial charge in [0.15, 0.2) is 5.69 Å². The third-order valence-corrected chi connectivity index (χ3v) is 6.27. The number of anilines is 2. The van der Waals surface area contributed by atoms with Gasteiger partial charge in [0.2, 0.25) is 0 Å². The summed E-state index contributed by atoms with van der Waals surface area (Å²) < 4.78 is 2.65. The Labute approximate surface area is 204 Å². The van der Waals surface area contributed by atoms with Crippen molar-refractivity contribution >= 4 is 40.6 Å². The molecule has 4 aromatic rings. The summed E-state index contributed by atoms with van der Waals surface area (Å²) >= 11 is 12.3. The van der Waals surface area contributed by atoms with Crippen molar-refractivity contribution in [1.82, 2.24) is 14.1 Å². The molecule has 0 aliphatic heterocycles. The molecule has 2 aromatic heterocycles. The maximum absolute atomic E-state index is 13.7. The van der Waals surface area contributed by atoms with E-state index >= 15 is 0 Å². The lowest BCUT2D eigenvalue weighted by atomic mass is 10.2. The molecule has 1 amide bonds. The Hall–Kier alpha value is -3.75. The van der Waals surface area contributed by atoms with E-state index in [0.29, 0.717) is 0 Å². The first kappa shape index (κ1) is 23.4. The average Bonchev–Trinajstić information content (AvgIpc) is 3.09. The average molecular weight is 498 g/mol. The molecule has 0 aliphatic carbocycles. The summed E-state index contributed by atoms with van der Waals surface area (Å²) in [6, 6.07) is 19.7. The van der Waals surface area contributed by atoms with Crippen LogP contribution >= 0.6 is 23.2 Å². The SMILES string of the molecule is Cn1c(C(=O)N(Cc2ccccc2)c2c(N)n(Cc3ccccc3)c(=O)[nH]c2=O)cc(Cl)c1Cl. The van der Waals surface area contributed by atoms with E-state index in [1.54, 1.807) is 7.05 Å². The molecule has 0 saturated heterocycles. The van der Waals surface area contributed by atoms with Crippen LogP contribution in [0.4, 0.5) is 11.5 Å². The first-order chi connectivity index (χ1) is 16.3. The van der Waals surface area contributed by atoms with Gasteiger partial charge in [-0.2, -0.15) is 0 Å². The zero-order valence-electron chi connectivity index (χ0n) is 18.2. The lowest BCUT2D eigenvalue weighted by Crippen LogP contribution is -2.41. The summed E-state index contributed by atoms with van der Waals surface area (Å²) in [6.07, 6.45) is 0. The second kappa shape index (κ2) is 9.62. The minimum absolute atomic E-state index is 0.0247. The van der Waals surface area contributed by atoms with Gasteiger partial charge in [-0.05, 0) is 17.2 Å². The van der Waals surface area contributed by atoms with Crippen LogP contribution in [0.15, 0.2) is 76.3 Å². The smallest absolute Gasteiger partial charge is 0.330 e. The van der Waals surface area contributed by atoms with E-state index in [1.165, 1.54) is 20.1 Å². The Morgan fingerprint density at radius 1 is 1.00 bits per heavy atom. The molecule has 0 fully saturated rings. The number of carbonyl (C=O) groups excluding carboxylic acids is 1. The predicted molar refractivity (Wildman–Crippen MR) is 134 cm³/mol. The Morgan fingerprint density at radius 2 is 1.59 bits per heavy atom. The minimum atomic E-state index is -0.775. The number of nitrogen functional groups attached to an aromatic ring is 1. The molecule has 34 heavy (non-hydrogen) atoms. The molecule has 4 rings (SSSR count). The number of aromatic amines is 1. The van der Waals surface area contributed by atoms with Crippen LogP contribution in [-0.4, -0.2) is 20.0 Å². The molecule has 0 unspecified atom stereocenters. The van der Waals surface area contributed by atoms with E-state index in [9.17, 15) is 14.4 Å². The van der Waals surface area contributed by atoms with E-state index in [1.807, 2.05) is 60.7 Å². The molecule has 0 saturated carbocycles. The summed E-state index contributed by atoms with van der Waals surface area (Å²) in [6.45, 7) is 0.140. The molecule has 0 atom stereocenters. The first-order valence-electron chi connectivity index (χ1n) is 10.3. The van der Waals surface area contributed by atoms with Gasteiger partial charge in [-0.3, -0.25) is 24.0 Å². The van der Waals surface area contributed by atoms with E-state index in [4.69, 9.17) is 28.9 Å². The molecule has 10 heteroatoms. The van der Waals surface area contributed by atoms with Gasteiger partial charge in [-0.25, -0.2) is 4.79 Å². The van der Waals surface area contributed by atoms with Crippen molar-refractivity contribution in [1.29, 1.82) is 0 Å². The van der Waals surface area contributed by atoms with Gasteiger partial charge in [-0.1, -0.05) is 83.9 Å². The van der Waals surface area contributed by atoms with Gasteiger partial charge in [0, 0.05) is 7.05 Å². The highest BCUT2D eigenvalue weighted by molar-refractivity contribution is 6.42. The third-order valence-electron chi connectivity index (χ3n) is 5.43. The molecule has 8 nitrogen and oxygen atoms in total. The quantitative estimate of drug-likeness (QED) is 0.423. The van der Waals surface area contributed by atoms with E-state index in [2.05, 4.69) is 4.98 Å². The molecule has 174 valence electrons. The number of carbonyl (C=O) groups is 1. The number of nitrogens with zero attached hydrogens (tertiary/aromatic N) is 3. The van der Waals surface area contributed by atoms with Crippen LogP contribution in [0.5, 0.6) is 0 Å². The van der Waals surface area contributed by atoms with Crippen LogP contribution < -0.4 is 21.9 Å². The third kappa shape index (κ3) is 4.50. The van der Waals surface area contributed by atoms with Crippen LogP contribution in [0.25, 0.3) is 0 Å². The molecule has 2 heterocycles. The van der Waals surface area contributed by atoms with Crippen LogP contribution in [0.3, 0.4) is 0 Å². The van der Waals surface area contributed by atoms with Crippen molar-refractivity contribution in [2.75, 3.05) is 10.6 Å². The summed E-state index contributed by atoms with van der Waals surface area (Å²) in [5, 5.41) is 0.378. The number of hydrogen-bond donors (Lipinski definition) is 2. The van der Waals surface area contributed by atoms with Crippen molar-refractivity contribution in [2.45, 2.75) is 13.1 Å². The highest BCUT2D eigenvalue weighted by Crippen LogP contribution is 2.28. The van der Waals surface area contributed by atoms with Crippen molar-refractivity contribution in [3.8, 4) is 0 Å². The highest BCUT2D eigenvalue weighted by Gasteiger charge is 2.28. The van der Waals surface area contributed by atoms with Gasteiger partial charge in [0.1, 0.15) is 16.7 Å². The molecule has 0 radical (unpaired) electrons. The first-order valence-corrected chi connectivity index (χ1v) is 11.1. The monoisotopic (exact) mass is 497 g/mol. The van der Waals surface area contributed by atoms with Gasteiger partial charge >= 0.3 is 5.69 Å². The largest absolute Gasteiger partial charge is 0.383 e. The predicted octanol–water partition coefficient (Wildman–Crippen LogP) is 3.66. The number of amides is 1. The number of rotatable bonds is 6. The summed E-state index contributed by atoms with van der Waals surface area (Å²) in [7, 11) is 1.59. The standard InChI is InChI=1S/C24H21Cl2N5O3/c1-29-18(12-17(25)20(29)26)23(33)30(13-15-8-4-2-5-9-15)19-21(27)31(24(34)28-22(19)32)14-16-10-6-3-7-11-16/h2-12H,13-14,27H2,1H3,(H,28,32,34).